The molecule has 1 rings (SSSR count). The molecule has 0 aromatic rings. The quantitative estimate of drug-likeness (QED) is 0.709. The highest BCUT2D eigenvalue weighted by Gasteiger charge is 2.29. The van der Waals surface area contributed by atoms with E-state index in [2.05, 4.69) is 33.0 Å². The second-order valence-corrected chi connectivity index (χ2v) is 4.69. The van der Waals surface area contributed by atoms with Gasteiger partial charge in [0.05, 0.1) is 12.7 Å². The largest absolute Gasteiger partial charge is 0.376 e. The molecule has 1 aliphatic heterocycles. The Morgan fingerprint density at radius 3 is 2.38 bits per heavy atom. The van der Waals surface area contributed by atoms with E-state index in [1.165, 1.54) is 0 Å². The fourth-order valence-corrected chi connectivity index (χ4v) is 2.08. The lowest BCUT2D eigenvalue weighted by molar-refractivity contribution is -0.0129. The van der Waals surface area contributed by atoms with Crippen LogP contribution in [0.3, 0.4) is 0 Å². The molecule has 1 aliphatic rings. The first-order chi connectivity index (χ1) is 6.13. The average Bonchev–Trinajstić information content (AvgIpc) is 2.27. The van der Waals surface area contributed by atoms with E-state index >= 15 is 0 Å². The van der Waals surface area contributed by atoms with Gasteiger partial charge in [-0.05, 0) is 11.8 Å². The molecule has 2 heteroatoms. The summed E-state index contributed by atoms with van der Waals surface area (Å²) in [7, 11) is 0. The highest BCUT2D eigenvalue weighted by atomic mass is 16.5. The molecule has 13 heavy (non-hydrogen) atoms. The van der Waals surface area contributed by atoms with Gasteiger partial charge in [0.1, 0.15) is 0 Å². The lowest BCUT2D eigenvalue weighted by Gasteiger charge is -2.30. The average molecular weight is 185 g/mol. The Morgan fingerprint density at radius 1 is 1.15 bits per heavy atom. The summed E-state index contributed by atoms with van der Waals surface area (Å²) in [5, 5.41) is 3.44. The topological polar surface area (TPSA) is 21.3 Å². The van der Waals surface area contributed by atoms with Crippen LogP contribution in [-0.4, -0.2) is 25.8 Å². The van der Waals surface area contributed by atoms with E-state index in [1.54, 1.807) is 0 Å². The summed E-state index contributed by atoms with van der Waals surface area (Å²) in [6.07, 6.45) is 0.440. The standard InChI is InChI=1S/C11H23NO/c1-8(2)10-7-12-5-6-13-11(10)9(3)4/h8-12H,5-7H2,1-4H3. The van der Waals surface area contributed by atoms with Crippen molar-refractivity contribution in [1.82, 2.24) is 5.32 Å². The third-order valence-electron chi connectivity index (χ3n) is 2.90. The Hall–Kier alpha value is -0.0800. The van der Waals surface area contributed by atoms with E-state index in [-0.39, 0.29) is 0 Å². The van der Waals surface area contributed by atoms with Crippen LogP contribution in [0, 0.1) is 17.8 Å². The summed E-state index contributed by atoms with van der Waals surface area (Å²) < 4.78 is 5.88. The van der Waals surface area contributed by atoms with Gasteiger partial charge in [-0.3, -0.25) is 0 Å². The molecule has 0 aromatic carbocycles. The van der Waals surface area contributed by atoms with E-state index < -0.39 is 0 Å². The Morgan fingerprint density at radius 2 is 1.85 bits per heavy atom. The van der Waals surface area contributed by atoms with Crippen LogP contribution in [0.15, 0.2) is 0 Å². The van der Waals surface area contributed by atoms with E-state index in [9.17, 15) is 0 Å². The zero-order valence-corrected chi connectivity index (χ0v) is 9.34. The van der Waals surface area contributed by atoms with Crippen LogP contribution in [-0.2, 0) is 4.74 Å². The molecule has 1 saturated heterocycles. The van der Waals surface area contributed by atoms with Crippen molar-refractivity contribution in [3.8, 4) is 0 Å². The maximum absolute atomic E-state index is 5.88. The summed E-state index contributed by atoms with van der Waals surface area (Å²) >= 11 is 0. The maximum atomic E-state index is 5.88. The predicted molar refractivity (Wildman–Crippen MR) is 55.8 cm³/mol. The first-order valence-corrected chi connectivity index (χ1v) is 5.45. The SMILES string of the molecule is CC(C)C1CNCCOC1C(C)C. The normalized spacial score (nSPS) is 30.9. The van der Waals surface area contributed by atoms with Crippen molar-refractivity contribution in [2.45, 2.75) is 33.8 Å². The molecule has 0 bridgehead atoms. The zero-order valence-electron chi connectivity index (χ0n) is 9.34. The minimum Gasteiger partial charge on any atom is -0.376 e. The molecule has 1 heterocycles. The molecule has 0 aromatic heterocycles. The van der Waals surface area contributed by atoms with Crippen LogP contribution in [0.5, 0.6) is 0 Å². The molecule has 0 saturated carbocycles. The smallest absolute Gasteiger partial charge is 0.0641 e. The summed E-state index contributed by atoms with van der Waals surface area (Å²) in [6, 6.07) is 0. The fraction of sp³-hybridized carbons (Fsp3) is 1.00. The summed E-state index contributed by atoms with van der Waals surface area (Å²) in [4.78, 5) is 0. The summed E-state index contributed by atoms with van der Waals surface area (Å²) in [5.41, 5.74) is 0. The summed E-state index contributed by atoms with van der Waals surface area (Å²) in [6.45, 7) is 12.1. The number of ether oxygens (including phenoxy) is 1. The van der Waals surface area contributed by atoms with E-state index in [0.29, 0.717) is 23.9 Å². The first-order valence-electron chi connectivity index (χ1n) is 5.45. The molecule has 0 amide bonds. The van der Waals surface area contributed by atoms with Crippen molar-refractivity contribution < 1.29 is 4.74 Å². The van der Waals surface area contributed by atoms with Gasteiger partial charge in [-0.2, -0.15) is 0 Å². The zero-order chi connectivity index (χ0) is 9.84. The van der Waals surface area contributed by atoms with Crippen molar-refractivity contribution in [2.75, 3.05) is 19.7 Å². The summed E-state index contributed by atoms with van der Waals surface area (Å²) in [5.74, 6) is 2.01. The minimum atomic E-state index is 0.440. The van der Waals surface area contributed by atoms with E-state index in [4.69, 9.17) is 4.74 Å². The van der Waals surface area contributed by atoms with Gasteiger partial charge in [-0.1, -0.05) is 27.7 Å². The molecule has 1 N–H and O–H groups in total. The molecule has 2 atom stereocenters. The van der Waals surface area contributed by atoms with Gasteiger partial charge >= 0.3 is 0 Å². The molecule has 1 fully saturated rings. The van der Waals surface area contributed by atoms with Gasteiger partial charge in [0.25, 0.3) is 0 Å². The second kappa shape index (κ2) is 4.97. The third kappa shape index (κ3) is 2.96. The van der Waals surface area contributed by atoms with Crippen molar-refractivity contribution >= 4 is 0 Å². The number of rotatable bonds is 2. The second-order valence-electron chi connectivity index (χ2n) is 4.69. The molecule has 2 nitrogen and oxygen atoms in total. The Bertz CT molecular complexity index is 129. The predicted octanol–water partition coefficient (Wildman–Crippen LogP) is 1.90. The highest BCUT2D eigenvalue weighted by Crippen LogP contribution is 2.24. The maximum Gasteiger partial charge on any atom is 0.0641 e. The Labute approximate surface area is 82.0 Å². The molecule has 2 unspecified atom stereocenters. The number of hydrogen-bond donors (Lipinski definition) is 1. The monoisotopic (exact) mass is 185 g/mol. The lowest BCUT2D eigenvalue weighted by atomic mass is 9.85. The van der Waals surface area contributed by atoms with Crippen LogP contribution in [0.4, 0.5) is 0 Å². The fourth-order valence-electron chi connectivity index (χ4n) is 2.08. The van der Waals surface area contributed by atoms with Crippen molar-refractivity contribution in [3.05, 3.63) is 0 Å². The van der Waals surface area contributed by atoms with Gasteiger partial charge in [-0.15, -0.1) is 0 Å². The van der Waals surface area contributed by atoms with Crippen LogP contribution in [0.2, 0.25) is 0 Å². The lowest BCUT2D eigenvalue weighted by Crippen LogP contribution is -2.35. The molecule has 78 valence electrons. The third-order valence-corrected chi connectivity index (χ3v) is 2.90. The van der Waals surface area contributed by atoms with Crippen LogP contribution >= 0.6 is 0 Å². The Balaban J connectivity index is 2.61. The van der Waals surface area contributed by atoms with Crippen LogP contribution in [0.1, 0.15) is 27.7 Å². The van der Waals surface area contributed by atoms with E-state index in [1.807, 2.05) is 0 Å². The molecule has 0 radical (unpaired) electrons. The van der Waals surface area contributed by atoms with Gasteiger partial charge in [-0.25, -0.2) is 0 Å². The molecule has 0 aliphatic carbocycles. The van der Waals surface area contributed by atoms with E-state index in [0.717, 1.165) is 19.7 Å². The molecule has 0 spiro atoms. The van der Waals surface area contributed by atoms with Gasteiger partial charge in [0.2, 0.25) is 0 Å². The van der Waals surface area contributed by atoms with Crippen molar-refractivity contribution in [3.63, 3.8) is 0 Å². The minimum absolute atomic E-state index is 0.440. The number of nitrogens with one attached hydrogen (secondary N) is 1. The Kier molecular flexibility index (Phi) is 4.20. The van der Waals surface area contributed by atoms with Crippen molar-refractivity contribution in [1.29, 1.82) is 0 Å². The number of hydrogen-bond acceptors (Lipinski definition) is 2. The first kappa shape index (κ1) is 11.0. The van der Waals surface area contributed by atoms with Gasteiger partial charge in [0, 0.05) is 19.0 Å². The van der Waals surface area contributed by atoms with Crippen LogP contribution < -0.4 is 5.32 Å². The van der Waals surface area contributed by atoms with Crippen molar-refractivity contribution in [2.24, 2.45) is 17.8 Å². The highest BCUT2D eigenvalue weighted by molar-refractivity contribution is 4.80. The molecular formula is C11H23NO. The van der Waals surface area contributed by atoms with Gasteiger partial charge < -0.3 is 10.1 Å². The molecular weight excluding hydrogens is 162 g/mol. The van der Waals surface area contributed by atoms with Crippen LogP contribution in [0.25, 0.3) is 0 Å². The van der Waals surface area contributed by atoms with Gasteiger partial charge in [0.15, 0.2) is 0 Å².